The molecule has 2 heterocycles. The number of H-pyrrole nitrogens is 1. The predicted octanol–water partition coefficient (Wildman–Crippen LogP) is 2.71. The number of rotatable bonds is 6. The van der Waals surface area contributed by atoms with Gasteiger partial charge in [0.1, 0.15) is 11.6 Å². The van der Waals surface area contributed by atoms with Gasteiger partial charge in [-0.1, -0.05) is 6.07 Å². The van der Waals surface area contributed by atoms with Crippen molar-refractivity contribution in [1.82, 2.24) is 25.8 Å². The number of halogens is 1. The maximum Gasteiger partial charge on any atom is 0.315 e. The maximum absolute atomic E-state index is 12.9. The standard InChI is InChI=1S/C16H16FN5OS/c17-12-5-3-11(4-6-12)15-20-14(21-22-15)10-19-16(23)18-8-7-13-2-1-9-24-13/h1-6,9H,7-8,10H2,(H2,18,19,23)(H,20,21,22). The third-order valence-corrected chi connectivity index (χ3v) is 4.22. The van der Waals surface area contributed by atoms with E-state index < -0.39 is 0 Å². The third-order valence-electron chi connectivity index (χ3n) is 3.29. The highest BCUT2D eigenvalue weighted by Gasteiger charge is 2.07. The summed E-state index contributed by atoms with van der Waals surface area (Å²) in [6.45, 7) is 0.808. The van der Waals surface area contributed by atoms with Gasteiger partial charge in [0.05, 0.1) is 6.54 Å². The molecule has 0 aliphatic carbocycles. The van der Waals surface area contributed by atoms with Crippen molar-refractivity contribution in [2.75, 3.05) is 6.54 Å². The molecule has 0 spiro atoms. The molecule has 6 nitrogen and oxygen atoms in total. The lowest BCUT2D eigenvalue weighted by molar-refractivity contribution is 0.240. The number of aromatic nitrogens is 3. The normalized spacial score (nSPS) is 10.5. The Morgan fingerprint density at radius 1 is 1.21 bits per heavy atom. The van der Waals surface area contributed by atoms with Crippen molar-refractivity contribution in [1.29, 1.82) is 0 Å². The van der Waals surface area contributed by atoms with E-state index >= 15 is 0 Å². The molecule has 0 aliphatic heterocycles. The fourth-order valence-corrected chi connectivity index (χ4v) is 2.79. The summed E-state index contributed by atoms with van der Waals surface area (Å²) in [5.74, 6) is 0.683. The zero-order chi connectivity index (χ0) is 16.8. The molecule has 2 aromatic heterocycles. The summed E-state index contributed by atoms with van der Waals surface area (Å²) < 4.78 is 12.9. The number of thiophene rings is 1. The highest BCUT2D eigenvalue weighted by molar-refractivity contribution is 7.09. The van der Waals surface area contributed by atoms with Crippen LogP contribution in [0.15, 0.2) is 41.8 Å². The molecule has 3 N–H and O–H groups in total. The van der Waals surface area contributed by atoms with Gasteiger partial charge in [0.15, 0.2) is 5.82 Å². The Kier molecular flexibility index (Phi) is 5.17. The number of nitrogens with one attached hydrogen (secondary N) is 3. The van der Waals surface area contributed by atoms with Gasteiger partial charge in [-0.25, -0.2) is 14.2 Å². The van der Waals surface area contributed by atoms with E-state index in [4.69, 9.17) is 0 Å². The first-order valence-electron chi connectivity index (χ1n) is 7.42. The highest BCUT2D eigenvalue weighted by atomic mass is 32.1. The second kappa shape index (κ2) is 7.69. The molecule has 0 fully saturated rings. The van der Waals surface area contributed by atoms with Gasteiger partial charge in [-0.15, -0.1) is 11.3 Å². The number of amides is 2. The first-order chi connectivity index (χ1) is 11.7. The molecule has 3 rings (SSSR count). The van der Waals surface area contributed by atoms with Crippen LogP contribution in [-0.4, -0.2) is 27.8 Å². The van der Waals surface area contributed by atoms with Gasteiger partial charge < -0.3 is 10.6 Å². The monoisotopic (exact) mass is 345 g/mol. The van der Waals surface area contributed by atoms with Gasteiger partial charge in [-0.05, 0) is 42.1 Å². The van der Waals surface area contributed by atoms with Crippen LogP contribution in [0.2, 0.25) is 0 Å². The molecule has 0 bridgehead atoms. The number of carbonyl (C=O) groups excluding carboxylic acids is 1. The minimum Gasteiger partial charge on any atom is -0.338 e. The Balaban J connectivity index is 1.44. The Bertz CT molecular complexity index is 785. The van der Waals surface area contributed by atoms with Crippen LogP contribution in [0.25, 0.3) is 11.4 Å². The number of benzene rings is 1. The lowest BCUT2D eigenvalue weighted by Crippen LogP contribution is -2.36. The topological polar surface area (TPSA) is 82.7 Å². The quantitative estimate of drug-likeness (QED) is 0.642. The number of carbonyl (C=O) groups is 1. The van der Waals surface area contributed by atoms with Crippen molar-refractivity contribution in [2.24, 2.45) is 0 Å². The van der Waals surface area contributed by atoms with Crippen molar-refractivity contribution in [3.63, 3.8) is 0 Å². The second-order valence-corrected chi connectivity index (χ2v) is 6.08. The van der Waals surface area contributed by atoms with E-state index in [0.29, 0.717) is 23.8 Å². The molecule has 0 radical (unpaired) electrons. The zero-order valence-corrected chi connectivity index (χ0v) is 13.6. The lowest BCUT2D eigenvalue weighted by Gasteiger charge is -2.05. The maximum atomic E-state index is 12.9. The molecule has 0 aliphatic rings. The van der Waals surface area contributed by atoms with Gasteiger partial charge >= 0.3 is 6.03 Å². The van der Waals surface area contributed by atoms with Gasteiger partial charge in [-0.3, -0.25) is 5.10 Å². The summed E-state index contributed by atoms with van der Waals surface area (Å²) in [4.78, 5) is 17.2. The lowest BCUT2D eigenvalue weighted by atomic mass is 10.2. The summed E-state index contributed by atoms with van der Waals surface area (Å²) in [6.07, 6.45) is 0.808. The van der Waals surface area contributed by atoms with Crippen LogP contribution in [0.3, 0.4) is 0 Å². The van der Waals surface area contributed by atoms with E-state index in [1.807, 2.05) is 17.5 Å². The van der Waals surface area contributed by atoms with Crippen LogP contribution >= 0.6 is 11.3 Å². The van der Waals surface area contributed by atoms with Gasteiger partial charge in [0.25, 0.3) is 0 Å². The number of urea groups is 1. The van der Waals surface area contributed by atoms with Crippen LogP contribution in [-0.2, 0) is 13.0 Å². The number of hydrogen-bond acceptors (Lipinski definition) is 4. The highest BCUT2D eigenvalue weighted by Crippen LogP contribution is 2.14. The molecule has 8 heteroatoms. The van der Waals surface area contributed by atoms with Crippen LogP contribution in [0.4, 0.5) is 9.18 Å². The zero-order valence-electron chi connectivity index (χ0n) is 12.8. The molecule has 0 unspecified atom stereocenters. The second-order valence-electron chi connectivity index (χ2n) is 5.05. The Labute approximate surface area is 142 Å². The molecular formula is C16H16FN5OS. The summed E-state index contributed by atoms with van der Waals surface area (Å²) in [5, 5.41) is 14.3. The number of aromatic amines is 1. The third kappa shape index (κ3) is 4.39. The van der Waals surface area contributed by atoms with Gasteiger partial charge in [0, 0.05) is 17.0 Å². The Hall–Kier alpha value is -2.74. The average molecular weight is 345 g/mol. The summed E-state index contributed by atoms with van der Waals surface area (Å²) >= 11 is 1.67. The van der Waals surface area contributed by atoms with E-state index in [0.717, 1.165) is 6.42 Å². The van der Waals surface area contributed by atoms with Crippen LogP contribution in [0.1, 0.15) is 10.7 Å². The predicted molar refractivity (Wildman–Crippen MR) is 90.0 cm³/mol. The van der Waals surface area contributed by atoms with E-state index in [1.165, 1.54) is 17.0 Å². The first kappa shape index (κ1) is 16.1. The molecule has 124 valence electrons. The summed E-state index contributed by atoms with van der Waals surface area (Å²) in [7, 11) is 0. The molecule has 0 atom stereocenters. The number of nitrogens with zero attached hydrogens (tertiary/aromatic N) is 2. The minimum atomic E-state index is -0.310. The fourth-order valence-electron chi connectivity index (χ4n) is 2.08. The van der Waals surface area contributed by atoms with Crippen LogP contribution in [0, 0.1) is 5.82 Å². The van der Waals surface area contributed by atoms with E-state index in [9.17, 15) is 9.18 Å². The fraction of sp³-hybridized carbons (Fsp3) is 0.188. The molecule has 2 amide bonds. The molecule has 0 saturated heterocycles. The van der Waals surface area contributed by atoms with Gasteiger partial charge in [0.2, 0.25) is 0 Å². The molecule has 3 aromatic rings. The van der Waals surface area contributed by atoms with Crippen molar-refractivity contribution in [3.05, 3.63) is 58.3 Å². The van der Waals surface area contributed by atoms with Crippen molar-refractivity contribution < 1.29 is 9.18 Å². The van der Waals surface area contributed by atoms with Crippen molar-refractivity contribution in [2.45, 2.75) is 13.0 Å². The molecule has 24 heavy (non-hydrogen) atoms. The molecular weight excluding hydrogens is 329 g/mol. The SMILES string of the molecule is O=C(NCCc1cccs1)NCc1nc(-c2ccc(F)cc2)n[nH]1. The minimum absolute atomic E-state index is 0.235. The van der Waals surface area contributed by atoms with Crippen LogP contribution < -0.4 is 10.6 Å². The largest absolute Gasteiger partial charge is 0.338 e. The average Bonchev–Trinajstić information content (AvgIpc) is 3.25. The van der Waals surface area contributed by atoms with Crippen molar-refractivity contribution >= 4 is 17.4 Å². The Morgan fingerprint density at radius 3 is 2.79 bits per heavy atom. The summed E-state index contributed by atoms with van der Waals surface area (Å²) in [6, 6.07) is 9.68. The number of hydrogen-bond donors (Lipinski definition) is 3. The first-order valence-corrected chi connectivity index (χ1v) is 8.30. The van der Waals surface area contributed by atoms with Gasteiger partial charge in [-0.2, -0.15) is 5.10 Å². The summed E-state index contributed by atoms with van der Waals surface area (Å²) in [5.41, 5.74) is 0.708. The Morgan fingerprint density at radius 2 is 2.04 bits per heavy atom. The molecule has 1 aromatic carbocycles. The van der Waals surface area contributed by atoms with E-state index in [1.54, 1.807) is 23.5 Å². The smallest absolute Gasteiger partial charge is 0.315 e. The van der Waals surface area contributed by atoms with Crippen LogP contribution in [0.5, 0.6) is 0 Å². The van der Waals surface area contributed by atoms with Crippen molar-refractivity contribution in [3.8, 4) is 11.4 Å². The van der Waals surface area contributed by atoms with E-state index in [2.05, 4.69) is 25.8 Å². The van der Waals surface area contributed by atoms with E-state index in [-0.39, 0.29) is 18.4 Å². The molecule has 0 saturated carbocycles.